The highest BCUT2D eigenvalue weighted by Gasteiger charge is 1.95. The zero-order chi connectivity index (χ0) is 26.0. The normalized spacial score (nSPS) is 11.7. The van der Waals surface area contributed by atoms with Crippen LogP contribution in [-0.2, 0) is 4.74 Å². The molecule has 216 valence electrons. The van der Waals surface area contributed by atoms with Gasteiger partial charge in [0.2, 0.25) is 0 Å². The molecule has 0 radical (unpaired) electrons. The van der Waals surface area contributed by atoms with Crippen molar-refractivity contribution < 1.29 is 4.74 Å². The Morgan fingerprint density at radius 3 is 1.25 bits per heavy atom. The molecule has 0 amide bonds. The molecule has 0 unspecified atom stereocenters. The number of rotatable bonds is 32. The van der Waals surface area contributed by atoms with Crippen molar-refractivity contribution in [3.63, 3.8) is 0 Å². The smallest absolute Gasteiger partial charge is 0.0590 e. The quantitative estimate of drug-likeness (QED) is 0.0722. The lowest BCUT2D eigenvalue weighted by molar-refractivity contribution is 0.131. The molecule has 0 aliphatic carbocycles. The van der Waals surface area contributed by atoms with E-state index in [0.717, 1.165) is 26.3 Å². The maximum absolute atomic E-state index is 5.79. The van der Waals surface area contributed by atoms with Crippen LogP contribution in [0.5, 0.6) is 0 Å². The van der Waals surface area contributed by atoms with Gasteiger partial charge in [-0.05, 0) is 45.1 Å². The van der Waals surface area contributed by atoms with E-state index in [9.17, 15) is 0 Å². The first-order valence-corrected chi connectivity index (χ1v) is 16.8. The summed E-state index contributed by atoms with van der Waals surface area (Å²) in [6.45, 7) is 8.59. The summed E-state index contributed by atoms with van der Waals surface area (Å²) < 4.78 is 5.79. The number of allylic oxidation sites excluding steroid dienone is 2. The van der Waals surface area contributed by atoms with E-state index in [4.69, 9.17) is 4.74 Å². The fourth-order valence-electron chi connectivity index (χ4n) is 4.91. The molecule has 36 heavy (non-hydrogen) atoms. The molecule has 0 saturated heterocycles. The van der Waals surface area contributed by atoms with Crippen molar-refractivity contribution in [1.29, 1.82) is 0 Å². The Labute approximate surface area is 229 Å². The third-order valence-corrected chi connectivity index (χ3v) is 7.43. The predicted octanol–water partition coefficient (Wildman–Crippen LogP) is 11.3. The second-order valence-corrected chi connectivity index (χ2v) is 11.2. The summed E-state index contributed by atoms with van der Waals surface area (Å²) in [5.74, 6) is 0. The van der Waals surface area contributed by atoms with Gasteiger partial charge in [0.25, 0.3) is 0 Å². The molecule has 0 aromatic heterocycles. The summed E-state index contributed by atoms with van der Waals surface area (Å²) in [5.41, 5.74) is 0. The highest BCUT2D eigenvalue weighted by Crippen LogP contribution is 2.12. The Kier molecular flexibility index (Phi) is 34.3. The molecule has 0 aromatic rings. The van der Waals surface area contributed by atoms with Crippen molar-refractivity contribution in [2.45, 2.75) is 181 Å². The monoisotopic (exact) mass is 508 g/mol. The molecule has 0 aliphatic rings. The molecule has 0 spiro atoms. The zero-order valence-electron chi connectivity index (χ0n) is 25.3. The van der Waals surface area contributed by atoms with E-state index in [1.165, 1.54) is 167 Å². The van der Waals surface area contributed by atoms with Crippen LogP contribution in [0.3, 0.4) is 0 Å². The third-order valence-electron chi connectivity index (χ3n) is 7.43. The maximum atomic E-state index is 5.79. The minimum Gasteiger partial charge on any atom is -0.380 e. The summed E-state index contributed by atoms with van der Waals surface area (Å²) in [6.07, 6.45) is 41.1. The summed E-state index contributed by atoms with van der Waals surface area (Å²) in [5, 5.41) is 3.55. The Bertz CT molecular complexity index is 395. The minimum atomic E-state index is 0.878. The molecule has 0 aliphatic heterocycles. The van der Waals surface area contributed by atoms with E-state index in [-0.39, 0.29) is 0 Å². The van der Waals surface area contributed by atoms with Gasteiger partial charge in [0.15, 0.2) is 0 Å². The zero-order valence-corrected chi connectivity index (χ0v) is 25.3. The second kappa shape index (κ2) is 34.7. The van der Waals surface area contributed by atoms with Crippen molar-refractivity contribution >= 4 is 0 Å². The van der Waals surface area contributed by atoms with Gasteiger partial charge in [-0.1, -0.05) is 154 Å². The van der Waals surface area contributed by atoms with Crippen LogP contribution in [0.25, 0.3) is 0 Å². The van der Waals surface area contributed by atoms with E-state index in [1.807, 2.05) is 0 Å². The summed E-state index contributed by atoms with van der Waals surface area (Å²) in [4.78, 5) is 0. The van der Waals surface area contributed by atoms with Gasteiger partial charge in [0, 0.05) is 13.2 Å². The van der Waals surface area contributed by atoms with Gasteiger partial charge in [-0.3, -0.25) is 0 Å². The molecule has 2 nitrogen and oxygen atoms in total. The van der Waals surface area contributed by atoms with Crippen molar-refractivity contribution in [2.75, 3.05) is 26.3 Å². The Hall–Kier alpha value is -0.340. The van der Waals surface area contributed by atoms with Gasteiger partial charge in [-0.2, -0.15) is 0 Å². The average molecular weight is 508 g/mol. The number of unbranched alkanes of at least 4 members (excludes halogenated alkanes) is 23. The van der Waals surface area contributed by atoms with Crippen LogP contribution in [0.4, 0.5) is 0 Å². The molecule has 0 fully saturated rings. The van der Waals surface area contributed by atoms with Gasteiger partial charge < -0.3 is 10.1 Å². The lowest BCUT2D eigenvalue weighted by atomic mass is 10.1. The molecular weight excluding hydrogens is 438 g/mol. The van der Waals surface area contributed by atoms with Crippen LogP contribution >= 0.6 is 0 Å². The summed E-state index contributed by atoms with van der Waals surface area (Å²) in [6, 6.07) is 0. The fraction of sp³-hybridized carbons (Fsp3) is 0.941. The van der Waals surface area contributed by atoms with Crippen LogP contribution in [0, 0.1) is 0 Å². The van der Waals surface area contributed by atoms with Crippen molar-refractivity contribution in [2.24, 2.45) is 0 Å². The fourth-order valence-corrected chi connectivity index (χ4v) is 4.91. The molecule has 0 saturated carbocycles. The minimum absolute atomic E-state index is 0.878. The summed E-state index contributed by atoms with van der Waals surface area (Å²) in [7, 11) is 0. The molecule has 1 N–H and O–H groups in total. The van der Waals surface area contributed by atoms with E-state index in [1.54, 1.807) is 0 Å². The second-order valence-electron chi connectivity index (χ2n) is 11.2. The number of hydrogen-bond acceptors (Lipinski definition) is 2. The van der Waals surface area contributed by atoms with Crippen LogP contribution in [0.15, 0.2) is 12.2 Å². The topological polar surface area (TPSA) is 21.3 Å². The van der Waals surface area contributed by atoms with E-state index in [0.29, 0.717) is 0 Å². The first kappa shape index (κ1) is 35.7. The first-order valence-electron chi connectivity index (χ1n) is 16.8. The van der Waals surface area contributed by atoms with E-state index < -0.39 is 0 Å². The van der Waals surface area contributed by atoms with Crippen LogP contribution in [-0.4, -0.2) is 26.3 Å². The van der Waals surface area contributed by atoms with Crippen molar-refractivity contribution in [3.05, 3.63) is 12.2 Å². The van der Waals surface area contributed by atoms with Gasteiger partial charge in [-0.25, -0.2) is 0 Å². The van der Waals surface area contributed by atoms with E-state index in [2.05, 4.69) is 31.3 Å². The van der Waals surface area contributed by atoms with Gasteiger partial charge in [0.05, 0.1) is 6.61 Å². The maximum Gasteiger partial charge on any atom is 0.0590 e. The Morgan fingerprint density at radius 1 is 0.389 bits per heavy atom. The standard InChI is InChI=1S/C34H69NO/c1-3-5-7-9-11-13-15-17-18-19-20-22-24-26-28-30-33-36-34-32-35-31-29-27-25-23-21-16-14-12-10-8-6-4-2/h17-18,35H,3-16,19-34H2,1-2H3. The van der Waals surface area contributed by atoms with Gasteiger partial charge in [0.1, 0.15) is 0 Å². The van der Waals surface area contributed by atoms with Crippen molar-refractivity contribution in [1.82, 2.24) is 5.32 Å². The molecule has 0 heterocycles. The van der Waals surface area contributed by atoms with Crippen molar-refractivity contribution in [3.8, 4) is 0 Å². The Balaban J connectivity index is 3.05. The average Bonchev–Trinajstić information content (AvgIpc) is 2.89. The molecule has 0 atom stereocenters. The number of nitrogens with one attached hydrogen (secondary N) is 1. The van der Waals surface area contributed by atoms with E-state index >= 15 is 0 Å². The predicted molar refractivity (Wildman–Crippen MR) is 164 cm³/mol. The third kappa shape index (κ3) is 33.7. The molecule has 2 heteroatoms. The largest absolute Gasteiger partial charge is 0.380 e. The molecule has 0 aromatic carbocycles. The lowest BCUT2D eigenvalue weighted by Crippen LogP contribution is -2.21. The summed E-state index contributed by atoms with van der Waals surface area (Å²) >= 11 is 0. The lowest BCUT2D eigenvalue weighted by Gasteiger charge is -2.07. The molecular formula is C34H69NO. The van der Waals surface area contributed by atoms with Crippen LogP contribution in [0.2, 0.25) is 0 Å². The number of hydrogen-bond donors (Lipinski definition) is 1. The highest BCUT2D eigenvalue weighted by molar-refractivity contribution is 4.81. The van der Waals surface area contributed by atoms with Gasteiger partial charge in [-0.15, -0.1) is 0 Å². The van der Waals surface area contributed by atoms with Gasteiger partial charge >= 0.3 is 0 Å². The first-order chi connectivity index (χ1) is 17.9. The molecule has 0 rings (SSSR count). The number of ether oxygens (including phenoxy) is 1. The molecule has 0 bridgehead atoms. The van der Waals surface area contributed by atoms with Crippen LogP contribution < -0.4 is 5.32 Å². The Morgan fingerprint density at radius 2 is 0.778 bits per heavy atom. The van der Waals surface area contributed by atoms with Crippen LogP contribution in [0.1, 0.15) is 181 Å². The SMILES string of the molecule is CCCCCCCCC=CCCCCCCCCOCCNCCCCCCCCCCCCCC. The highest BCUT2D eigenvalue weighted by atomic mass is 16.5.